The molecule has 108 valence electrons. The zero-order valence-corrected chi connectivity index (χ0v) is 12.9. The Labute approximate surface area is 125 Å². The number of nitrogens with two attached hydrogens (primary N) is 1. The molecule has 0 aliphatic heterocycles. The molecule has 0 fully saturated rings. The van der Waals surface area contributed by atoms with E-state index in [1.54, 1.807) is 16.7 Å². The molecule has 0 bridgehead atoms. The quantitative estimate of drug-likeness (QED) is 0.763. The lowest BCUT2D eigenvalue weighted by molar-refractivity contribution is -0.138. The van der Waals surface area contributed by atoms with Crippen LogP contribution in [0.3, 0.4) is 0 Å². The largest absolute Gasteiger partial charge is 0.480 e. The van der Waals surface area contributed by atoms with Crippen LogP contribution in [0.1, 0.15) is 30.5 Å². The molecule has 2 aromatic rings. The number of thiazole rings is 1. The Kier molecular flexibility index (Phi) is 4.42. The summed E-state index contributed by atoms with van der Waals surface area (Å²) in [6, 6.07) is 3.09. The topological polar surface area (TPSA) is 88.2 Å². The minimum Gasteiger partial charge on any atom is -0.480 e. The number of nitrogens with zero attached hydrogens (tertiary/aromatic N) is 1. The Morgan fingerprint density at radius 3 is 2.90 bits per heavy atom. The van der Waals surface area contributed by atoms with Crippen molar-refractivity contribution in [3.05, 3.63) is 33.5 Å². The summed E-state index contributed by atoms with van der Waals surface area (Å²) in [5.41, 5.74) is 5.91. The van der Waals surface area contributed by atoms with Crippen LogP contribution in [0.2, 0.25) is 0 Å². The molecular weight excluding hydrogens is 294 g/mol. The van der Waals surface area contributed by atoms with E-state index in [2.05, 4.69) is 35.6 Å². The predicted molar refractivity (Wildman–Crippen MR) is 82.5 cm³/mol. The van der Waals surface area contributed by atoms with Crippen molar-refractivity contribution in [2.24, 2.45) is 5.73 Å². The fraction of sp³-hybridized carbons (Fsp3) is 0.385. The van der Waals surface area contributed by atoms with Gasteiger partial charge in [-0.15, -0.1) is 22.7 Å². The van der Waals surface area contributed by atoms with Gasteiger partial charge in [0.15, 0.2) is 5.13 Å². The van der Waals surface area contributed by atoms with Crippen molar-refractivity contribution >= 4 is 33.8 Å². The number of rotatable bonds is 6. The van der Waals surface area contributed by atoms with Gasteiger partial charge in [0.1, 0.15) is 6.04 Å². The molecule has 2 rings (SSSR count). The van der Waals surface area contributed by atoms with Gasteiger partial charge >= 0.3 is 5.97 Å². The normalized spacial score (nSPS) is 13.2. The SMILES string of the molecule is CC(C)(CNc1nc(C(N)C(=O)O)cs1)c1cccs1. The van der Waals surface area contributed by atoms with E-state index in [1.165, 1.54) is 16.2 Å². The van der Waals surface area contributed by atoms with Gasteiger partial charge in [0, 0.05) is 22.2 Å². The zero-order valence-electron chi connectivity index (χ0n) is 11.3. The molecule has 0 saturated carbocycles. The van der Waals surface area contributed by atoms with E-state index in [9.17, 15) is 4.79 Å². The molecule has 0 aliphatic rings. The maximum atomic E-state index is 10.8. The van der Waals surface area contributed by atoms with E-state index in [1.807, 2.05) is 6.07 Å². The number of carbonyl (C=O) groups is 1. The first-order valence-electron chi connectivity index (χ1n) is 6.12. The molecule has 0 aliphatic carbocycles. The number of hydrogen-bond donors (Lipinski definition) is 3. The van der Waals surface area contributed by atoms with Crippen molar-refractivity contribution in [1.29, 1.82) is 0 Å². The fourth-order valence-electron chi connectivity index (χ4n) is 1.68. The number of anilines is 1. The number of aromatic nitrogens is 1. The van der Waals surface area contributed by atoms with Crippen LogP contribution in [-0.2, 0) is 10.2 Å². The van der Waals surface area contributed by atoms with Gasteiger partial charge in [0.25, 0.3) is 0 Å². The fourth-order valence-corrected chi connectivity index (χ4v) is 3.28. The van der Waals surface area contributed by atoms with E-state index in [4.69, 9.17) is 10.8 Å². The minimum atomic E-state index is -1.07. The second-order valence-electron chi connectivity index (χ2n) is 5.11. The molecule has 2 heterocycles. The Hall–Kier alpha value is -1.44. The Balaban J connectivity index is 2.00. The van der Waals surface area contributed by atoms with Gasteiger partial charge in [0.05, 0.1) is 5.69 Å². The van der Waals surface area contributed by atoms with Gasteiger partial charge in [-0.3, -0.25) is 4.79 Å². The summed E-state index contributed by atoms with van der Waals surface area (Å²) in [4.78, 5) is 16.3. The summed E-state index contributed by atoms with van der Waals surface area (Å²) in [5, 5.41) is 16.5. The van der Waals surface area contributed by atoms with Crippen LogP contribution in [-0.4, -0.2) is 22.6 Å². The third kappa shape index (κ3) is 3.36. The first-order valence-corrected chi connectivity index (χ1v) is 7.88. The van der Waals surface area contributed by atoms with Crippen molar-refractivity contribution in [3.63, 3.8) is 0 Å². The number of aliphatic carboxylic acids is 1. The first-order chi connectivity index (χ1) is 9.40. The monoisotopic (exact) mass is 311 g/mol. The van der Waals surface area contributed by atoms with Gasteiger partial charge in [-0.25, -0.2) is 4.98 Å². The summed E-state index contributed by atoms with van der Waals surface area (Å²) in [6.45, 7) is 5.04. The highest BCUT2D eigenvalue weighted by molar-refractivity contribution is 7.13. The Morgan fingerprint density at radius 2 is 2.30 bits per heavy atom. The molecule has 7 heteroatoms. The zero-order chi connectivity index (χ0) is 14.8. The molecule has 0 amide bonds. The van der Waals surface area contributed by atoms with Crippen LogP contribution in [0.5, 0.6) is 0 Å². The molecular formula is C13H17N3O2S2. The molecule has 1 unspecified atom stereocenters. The molecule has 0 spiro atoms. The van der Waals surface area contributed by atoms with Crippen LogP contribution >= 0.6 is 22.7 Å². The van der Waals surface area contributed by atoms with E-state index in [0.717, 1.165) is 6.54 Å². The van der Waals surface area contributed by atoms with Crippen molar-refractivity contribution in [1.82, 2.24) is 4.98 Å². The van der Waals surface area contributed by atoms with Crippen LogP contribution in [0.25, 0.3) is 0 Å². The average Bonchev–Trinajstić information content (AvgIpc) is 3.07. The third-order valence-corrected chi connectivity index (χ3v) is 5.03. The van der Waals surface area contributed by atoms with Gasteiger partial charge in [-0.2, -0.15) is 0 Å². The van der Waals surface area contributed by atoms with Crippen LogP contribution < -0.4 is 11.1 Å². The summed E-state index contributed by atoms with van der Waals surface area (Å²) in [6.07, 6.45) is 0. The van der Waals surface area contributed by atoms with Crippen LogP contribution in [0, 0.1) is 0 Å². The van der Waals surface area contributed by atoms with E-state index < -0.39 is 12.0 Å². The average molecular weight is 311 g/mol. The molecule has 0 radical (unpaired) electrons. The second-order valence-corrected chi connectivity index (χ2v) is 6.91. The van der Waals surface area contributed by atoms with Crippen molar-refractivity contribution < 1.29 is 9.90 Å². The molecule has 2 aromatic heterocycles. The molecule has 5 nitrogen and oxygen atoms in total. The molecule has 4 N–H and O–H groups in total. The lowest BCUT2D eigenvalue weighted by Crippen LogP contribution is -2.26. The Morgan fingerprint density at radius 1 is 1.55 bits per heavy atom. The van der Waals surface area contributed by atoms with E-state index in [-0.39, 0.29) is 5.41 Å². The van der Waals surface area contributed by atoms with E-state index in [0.29, 0.717) is 10.8 Å². The summed E-state index contributed by atoms with van der Waals surface area (Å²) >= 11 is 3.10. The van der Waals surface area contributed by atoms with Gasteiger partial charge < -0.3 is 16.2 Å². The number of carboxylic acid groups (broad SMARTS) is 1. The summed E-state index contributed by atoms with van der Waals surface area (Å²) in [7, 11) is 0. The first kappa shape index (κ1) is 15.0. The highest BCUT2D eigenvalue weighted by atomic mass is 32.1. The molecule has 0 aromatic carbocycles. The van der Waals surface area contributed by atoms with Gasteiger partial charge in [-0.05, 0) is 11.4 Å². The number of hydrogen-bond acceptors (Lipinski definition) is 6. The molecule has 0 saturated heterocycles. The molecule has 1 atom stereocenters. The smallest absolute Gasteiger partial charge is 0.326 e. The number of nitrogens with one attached hydrogen (secondary N) is 1. The standard InChI is InChI=1S/C13H17N3O2S2/c1-13(2,9-4-3-5-19-9)7-15-12-16-8(6-20-12)10(14)11(17)18/h3-6,10H,7,14H2,1-2H3,(H,15,16)(H,17,18). The highest BCUT2D eigenvalue weighted by Crippen LogP contribution is 2.28. The summed E-state index contributed by atoms with van der Waals surface area (Å²) in [5.74, 6) is -1.07. The van der Waals surface area contributed by atoms with E-state index >= 15 is 0 Å². The summed E-state index contributed by atoms with van der Waals surface area (Å²) < 4.78 is 0. The lowest BCUT2D eigenvalue weighted by Gasteiger charge is -2.23. The van der Waals surface area contributed by atoms with Crippen molar-refractivity contribution in [2.75, 3.05) is 11.9 Å². The second kappa shape index (κ2) is 5.90. The van der Waals surface area contributed by atoms with Gasteiger partial charge in [0.2, 0.25) is 0 Å². The minimum absolute atomic E-state index is 0.00505. The number of thiophene rings is 1. The number of carboxylic acids is 1. The van der Waals surface area contributed by atoms with Crippen molar-refractivity contribution in [3.8, 4) is 0 Å². The molecule has 20 heavy (non-hydrogen) atoms. The Bertz CT molecular complexity index is 578. The van der Waals surface area contributed by atoms with Crippen LogP contribution in [0.4, 0.5) is 5.13 Å². The third-order valence-electron chi connectivity index (χ3n) is 2.98. The van der Waals surface area contributed by atoms with Crippen molar-refractivity contribution in [2.45, 2.75) is 25.3 Å². The predicted octanol–water partition coefficient (Wildman–Crippen LogP) is 2.68. The van der Waals surface area contributed by atoms with Crippen LogP contribution in [0.15, 0.2) is 22.9 Å². The van der Waals surface area contributed by atoms with Gasteiger partial charge in [-0.1, -0.05) is 19.9 Å². The maximum absolute atomic E-state index is 10.8. The lowest BCUT2D eigenvalue weighted by atomic mass is 9.91. The maximum Gasteiger partial charge on any atom is 0.326 e. The highest BCUT2D eigenvalue weighted by Gasteiger charge is 2.23.